The van der Waals surface area contributed by atoms with Gasteiger partial charge < -0.3 is 4.74 Å². The van der Waals surface area contributed by atoms with Gasteiger partial charge in [-0.15, -0.1) is 5.10 Å². The topological polar surface area (TPSA) is 57.0 Å². The van der Waals surface area contributed by atoms with Crippen LogP contribution in [0.5, 0.6) is 0 Å². The minimum absolute atomic E-state index is 0.00918. The van der Waals surface area contributed by atoms with E-state index in [1.807, 2.05) is 0 Å². The molecule has 0 saturated heterocycles. The SMILES string of the molecule is COC(=O)c1ncn(Cc2ccc(C)c(F)c2)n1. The molecule has 94 valence electrons. The lowest BCUT2D eigenvalue weighted by Crippen LogP contribution is -2.06. The van der Waals surface area contributed by atoms with Crippen molar-refractivity contribution in [3.05, 3.63) is 47.3 Å². The summed E-state index contributed by atoms with van der Waals surface area (Å²) in [5.41, 5.74) is 1.34. The summed E-state index contributed by atoms with van der Waals surface area (Å²) < 4.78 is 19.3. The number of esters is 1. The Hall–Kier alpha value is -2.24. The zero-order valence-corrected chi connectivity index (χ0v) is 10.1. The number of nitrogens with zero attached hydrogens (tertiary/aromatic N) is 3. The lowest BCUT2D eigenvalue weighted by Gasteiger charge is -2.02. The summed E-state index contributed by atoms with van der Waals surface area (Å²) in [5.74, 6) is -0.866. The summed E-state index contributed by atoms with van der Waals surface area (Å²) in [6, 6.07) is 4.94. The monoisotopic (exact) mass is 249 g/mol. The van der Waals surface area contributed by atoms with E-state index in [0.717, 1.165) is 5.56 Å². The number of carbonyl (C=O) groups excluding carboxylic acids is 1. The van der Waals surface area contributed by atoms with Crippen LogP contribution in [0, 0.1) is 12.7 Å². The van der Waals surface area contributed by atoms with Crippen molar-refractivity contribution in [1.29, 1.82) is 0 Å². The lowest BCUT2D eigenvalue weighted by atomic mass is 10.1. The second-order valence-electron chi connectivity index (χ2n) is 3.84. The molecule has 0 N–H and O–H groups in total. The van der Waals surface area contributed by atoms with E-state index < -0.39 is 5.97 Å². The van der Waals surface area contributed by atoms with Crippen LogP contribution in [-0.2, 0) is 11.3 Å². The third-order valence-corrected chi connectivity index (χ3v) is 2.49. The summed E-state index contributed by atoms with van der Waals surface area (Å²) >= 11 is 0. The fourth-order valence-electron chi connectivity index (χ4n) is 1.48. The standard InChI is InChI=1S/C12H12FN3O2/c1-8-3-4-9(5-10(8)13)6-16-7-14-11(15-16)12(17)18-2/h3-5,7H,6H2,1-2H3. The summed E-state index contributed by atoms with van der Waals surface area (Å²) in [6.45, 7) is 2.05. The molecule has 5 nitrogen and oxygen atoms in total. The number of aromatic nitrogens is 3. The third kappa shape index (κ3) is 2.53. The molecule has 0 fully saturated rings. The number of carbonyl (C=O) groups is 1. The van der Waals surface area contributed by atoms with Gasteiger partial charge in [-0.1, -0.05) is 12.1 Å². The minimum Gasteiger partial charge on any atom is -0.463 e. The Morgan fingerprint density at radius 1 is 1.50 bits per heavy atom. The van der Waals surface area contributed by atoms with Crippen LogP contribution in [0.15, 0.2) is 24.5 Å². The highest BCUT2D eigenvalue weighted by molar-refractivity contribution is 5.84. The molecular weight excluding hydrogens is 237 g/mol. The fraction of sp³-hybridized carbons (Fsp3) is 0.250. The molecule has 1 aromatic carbocycles. The van der Waals surface area contributed by atoms with E-state index in [9.17, 15) is 9.18 Å². The van der Waals surface area contributed by atoms with Gasteiger partial charge in [0.25, 0.3) is 5.82 Å². The van der Waals surface area contributed by atoms with E-state index in [4.69, 9.17) is 0 Å². The summed E-state index contributed by atoms with van der Waals surface area (Å²) in [5, 5.41) is 3.94. The molecule has 1 heterocycles. The maximum Gasteiger partial charge on any atom is 0.377 e. The predicted molar refractivity (Wildman–Crippen MR) is 61.6 cm³/mol. The third-order valence-electron chi connectivity index (χ3n) is 2.49. The number of benzene rings is 1. The molecule has 0 atom stereocenters. The van der Waals surface area contributed by atoms with Crippen molar-refractivity contribution in [2.75, 3.05) is 7.11 Å². The molecule has 6 heteroatoms. The van der Waals surface area contributed by atoms with Crippen LogP contribution in [-0.4, -0.2) is 27.8 Å². The number of hydrogen-bond acceptors (Lipinski definition) is 4. The van der Waals surface area contributed by atoms with E-state index in [1.165, 1.54) is 24.2 Å². The van der Waals surface area contributed by atoms with Crippen LogP contribution in [0.25, 0.3) is 0 Å². The van der Waals surface area contributed by atoms with Crippen molar-refractivity contribution in [3.63, 3.8) is 0 Å². The van der Waals surface area contributed by atoms with Crippen molar-refractivity contribution in [1.82, 2.24) is 14.8 Å². The molecule has 2 aromatic rings. The Labute approximate surface area is 103 Å². The van der Waals surface area contributed by atoms with Gasteiger partial charge in [0.05, 0.1) is 13.7 Å². The Morgan fingerprint density at radius 2 is 2.28 bits per heavy atom. The Kier molecular flexibility index (Phi) is 3.36. The van der Waals surface area contributed by atoms with Gasteiger partial charge in [0, 0.05) is 0 Å². The van der Waals surface area contributed by atoms with Gasteiger partial charge in [-0.3, -0.25) is 0 Å². The van der Waals surface area contributed by atoms with E-state index in [-0.39, 0.29) is 11.6 Å². The first kappa shape index (κ1) is 12.2. The largest absolute Gasteiger partial charge is 0.463 e. The fourth-order valence-corrected chi connectivity index (χ4v) is 1.48. The molecular formula is C12H12FN3O2. The molecule has 2 rings (SSSR count). The van der Waals surface area contributed by atoms with E-state index in [0.29, 0.717) is 12.1 Å². The van der Waals surface area contributed by atoms with Crippen molar-refractivity contribution in [2.24, 2.45) is 0 Å². The first-order valence-corrected chi connectivity index (χ1v) is 5.33. The molecule has 0 aliphatic carbocycles. The molecule has 18 heavy (non-hydrogen) atoms. The average Bonchev–Trinajstić information content (AvgIpc) is 2.81. The molecule has 0 spiro atoms. The lowest BCUT2D eigenvalue weighted by molar-refractivity contribution is 0.0586. The number of ether oxygens (including phenoxy) is 1. The molecule has 0 saturated carbocycles. The van der Waals surface area contributed by atoms with E-state index in [1.54, 1.807) is 19.1 Å². The molecule has 0 aliphatic heterocycles. The van der Waals surface area contributed by atoms with Gasteiger partial charge in [0.15, 0.2) is 0 Å². The predicted octanol–water partition coefficient (Wildman–Crippen LogP) is 1.56. The maximum atomic E-state index is 13.4. The number of aryl methyl sites for hydroxylation is 1. The normalized spacial score (nSPS) is 10.4. The van der Waals surface area contributed by atoms with Gasteiger partial charge in [-0.25, -0.2) is 18.9 Å². The zero-order chi connectivity index (χ0) is 13.1. The first-order valence-electron chi connectivity index (χ1n) is 5.33. The number of halogens is 1. The number of methoxy groups -OCH3 is 1. The molecule has 0 unspecified atom stereocenters. The maximum absolute atomic E-state index is 13.4. The second-order valence-corrected chi connectivity index (χ2v) is 3.84. The molecule has 0 bridgehead atoms. The van der Waals surface area contributed by atoms with Crippen molar-refractivity contribution < 1.29 is 13.9 Å². The summed E-state index contributed by atoms with van der Waals surface area (Å²) in [6.07, 6.45) is 1.41. The highest BCUT2D eigenvalue weighted by Crippen LogP contribution is 2.10. The number of rotatable bonds is 3. The smallest absolute Gasteiger partial charge is 0.377 e. The zero-order valence-electron chi connectivity index (χ0n) is 10.1. The molecule has 1 aromatic heterocycles. The van der Waals surface area contributed by atoms with Crippen LogP contribution in [0.1, 0.15) is 21.7 Å². The number of hydrogen-bond donors (Lipinski definition) is 0. The van der Waals surface area contributed by atoms with E-state index >= 15 is 0 Å². The average molecular weight is 249 g/mol. The highest BCUT2D eigenvalue weighted by Gasteiger charge is 2.11. The van der Waals surface area contributed by atoms with Gasteiger partial charge >= 0.3 is 5.97 Å². The van der Waals surface area contributed by atoms with Crippen molar-refractivity contribution in [3.8, 4) is 0 Å². The molecule has 0 radical (unpaired) electrons. The van der Waals surface area contributed by atoms with Crippen LogP contribution in [0.4, 0.5) is 4.39 Å². The Bertz CT molecular complexity index is 580. The molecule has 0 aliphatic rings. The van der Waals surface area contributed by atoms with E-state index in [2.05, 4.69) is 14.8 Å². The summed E-state index contributed by atoms with van der Waals surface area (Å²) in [4.78, 5) is 15.0. The van der Waals surface area contributed by atoms with Crippen molar-refractivity contribution >= 4 is 5.97 Å². The van der Waals surface area contributed by atoms with Crippen LogP contribution in [0.3, 0.4) is 0 Å². The van der Waals surface area contributed by atoms with Crippen molar-refractivity contribution in [2.45, 2.75) is 13.5 Å². The molecule has 0 amide bonds. The van der Waals surface area contributed by atoms with Gasteiger partial charge in [0.2, 0.25) is 0 Å². The van der Waals surface area contributed by atoms with Gasteiger partial charge in [-0.05, 0) is 24.1 Å². The van der Waals surface area contributed by atoms with Gasteiger partial charge in [0.1, 0.15) is 12.1 Å². The Balaban J connectivity index is 2.16. The second kappa shape index (κ2) is 4.95. The van der Waals surface area contributed by atoms with Crippen LogP contribution >= 0.6 is 0 Å². The van der Waals surface area contributed by atoms with Gasteiger partial charge in [-0.2, -0.15) is 0 Å². The minimum atomic E-state index is -0.594. The Morgan fingerprint density at radius 3 is 2.94 bits per heavy atom. The van der Waals surface area contributed by atoms with Crippen LogP contribution < -0.4 is 0 Å². The quantitative estimate of drug-likeness (QED) is 0.774. The first-order chi connectivity index (χ1) is 8.60. The highest BCUT2D eigenvalue weighted by atomic mass is 19.1. The summed E-state index contributed by atoms with van der Waals surface area (Å²) in [7, 11) is 1.26. The van der Waals surface area contributed by atoms with Crippen LogP contribution in [0.2, 0.25) is 0 Å².